The molecule has 1 unspecified atom stereocenters. The summed E-state index contributed by atoms with van der Waals surface area (Å²) < 4.78 is 25.6. The molecule has 0 amide bonds. The second-order valence-electron chi connectivity index (χ2n) is 3.77. The highest BCUT2D eigenvalue weighted by atomic mass is 35.5. The van der Waals surface area contributed by atoms with Gasteiger partial charge >= 0.3 is 0 Å². The minimum Gasteiger partial charge on any atom is -0.399 e. The van der Waals surface area contributed by atoms with Crippen LogP contribution in [0.3, 0.4) is 0 Å². The van der Waals surface area contributed by atoms with E-state index in [1.165, 1.54) is 6.07 Å². The van der Waals surface area contributed by atoms with Gasteiger partial charge in [0.15, 0.2) is 0 Å². The maximum atomic E-state index is 13.5. The molecule has 0 bridgehead atoms. The topological polar surface area (TPSA) is 43.1 Å². The fourth-order valence-corrected chi connectivity index (χ4v) is 3.13. The van der Waals surface area contributed by atoms with Crippen molar-refractivity contribution in [1.82, 2.24) is 0 Å². The van der Waals surface area contributed by atoms with Crippen molar-refractivity contribution in [1.29, 1.82) is 0 Å². The van der Waals surface area contributed by atoms with Crippen molar-refractivity contribution in [2.75, 3.05) is 5.73 Å². The minimum absolute atomic E-state index is 0.0792. The van der Waals surface area contributed by atoms with Crippen molar-refractivity contribution in [3.63, 3.8) is 0 Å². The highest BCUT2D eigenvalue weighted by Gasteiger charge is 2.12. The molecule has 2 aromatic carbocycles. The lowest BCUT2D eigenvalue weighted by atomic mass is 10.2. The van der Waals surface area contributed by atoms with Gasteiger partial charge in [-0.3, -0.25) is 4.21 Å². The maximum absolute atomic E-state index is 13.5. The Hall–Kier alpha value is -1.39. The maximum Gasteiger partial charge on any atom is 0.127 e. The van der Waals surface area contributed by atoms with Crippen molar-refractivity contribution < 1.29 is 8.60 Å². The zero-order chi connectivity index (χ0) is 13.1. The molecule has 0 radical (unpaired) electrons. The zero-order valence-corrected chi connectivity index (χ0v) is 11.0. The first-order chi connectivity index (χ1) is 8.58. The molecule has 0 aliphatic heterocycles. The van der Waals surface area contributed by atoms with Crippen LogP contribution in [0, 0.1) is 5.82 Å². The number of nitrogens with two attached hydrogens (primary N) is 1. The van der Waals surface area contributed by atoms with E-state index in [0.717, 1.165) is 0 Å². The molecule has 5 heteroatoms. The Morgan fingerprint density at radius 3 is 2.67 bits per heavy atom. The van der Waals surface area contributed by atoms with Gasteiger partial charge in [0.25, 0.3) is 0 Å². The standard InChI is InChI=1S/C13H11ClFNOS/c14-11-6-5-10(16)7-13(11)18(17)8-9-3-1-2-4-12(9)15/h1-7H,8,16H2. The van der Waals surface area contributed by atoms with E-state index in [0.29, 0.717) is 21.2 Å². The molecular formula is C13H11ClFNOS. The highest BCUT2D eigenvalue weighted by molar-refractivity contribution is 7.84. The van der Waals surface area contributed by atoms with Crippen LogP contribution in [0.25, 0.3) is 0 Å². The Kier molecular flexibility index (Phi) is 3.99. The fraction of sp³-hybridized carbons (Fsp3) is 0.0769. The number of rotatable bonds is 3. The van der Waals surface area contributed by atoms with Crippen molar-refractivity contribution in [2.24, 2.45) is 0 Å². The van der Waals surface area contributed by atoms with Crippen LogP contribution < -0.4 is 5.73 Å². The molecule has 2 aromatic rings. The van der Waals surface area contributed by atoms with Crippen molar-refractivity contribution in [3.8, 4) is 0 Å². The van der Waals surface area contributed by atoms with Crippen molar-refractivity contribution >= 4 is 28.1 Å². The summed E-state index contributed by atoms with van der Waals surface area (Å²) in [7, 11) is -1.42. The number of hydrogen-bond acceptors (Lipinski definition) is 2. The van der Waals surface area contributed by atoms with Gasteiger partial charge in [0.2, 0.25) is 0 Å². The first kappa shape index (κ1) is 13.1. The average Bonchev–Trinajstić information content (AvgIpc) is 2.35. The third-order valence-electron chi connectivity index (χ3n) is 2.44. The second kappa shape index (κ2) is 5.50. The number of benzene rings is 2. The Balaban J connectivity index is 2.28. The van der Waals surface area contributed by atoms with E-state index in [4.69, 9.17) is 17.3 Å². The first-order valence-electron chi connectivity index (χ1n) is 5.25. The molecule has 1 atom stereocenters. The van der Waals surface area contributed by atoms with Crippen LogP contribution in [0.2, 0.25) is 5.02 Å². The number of halogens is 2. The Labute approximate surface area is 112 Å². The molecule has 2 nitrogen and oxygen atoms in total. The van der Waals surface area contributed by atoms with Crippen molar-refractivity contribution in [3.05, 3.63) is 58.9 Å². The third kappa shape index (κ3) is 2.89. The van der Waals surface area contributed by atoms with Crippen LogP contribution in [0.5, 0.6) is 0 Å². The number of hydrogen-bond donors (Lipinski definition) is 1. The Bertz CT molecular complexity index is 603. The summed E-state index contributed by atoms with van der Waals surface area (Å²) in [5, 5.41) is 0.374. The quantitative estimate of drug-likeness (QED) is 0.878. The number of anilines is 1. The molecule has 18 heavy (non-hydrogen) atoms. The molecule has 0 fully saturated rings. The molecule has 2 N–H and O–H groups in total. The molecule has 0 aliphatic carbocycles. The molecule has 0 spiro atoms. The van der Waals surface area contributed by atoms with Crippen LogP contribution in [0.15, 0.2) is 47.4 Å². The zero-order valence-electron chi connectivity index (χ0n) is 9.40. The van der Waals surface area contributed by atoms with Gasteiger partial charge < -0.3 is 5.73 Å². The molecule has 0 aromatic heterocycles. The van der Waals surface area contributed by atoms with Crippen LogP contribution in [0.1, 0.15) is 5.56 Å². The summed E-state index contributed by atoms with van der Waals surface area (Å²) in [4.78, 5) is 0.430. The molecular weight excluding hydrogens is 273 g/mol. The van der Waals surface area contributed by atoms with E-state index < -0.39 is 10.8 Å². The van der Waals surface area contributed by atoms with Gasteiger partial charge in [-0.1, -0.05) is 29.8 Å². The molecule has 2 rings (SSSR count). The predicted octanol–water partition coefficient (Wildman–Crippen LogP) is 3.37. The summed E-state index contributed by atoms with van der Waals surface area (Å²) in [6.45, 7) is 0. The Morgan fingerprint density at radius 2 is 1.94 bits per heavy atom. The molecule has 94 valence electrons. The van der Waals surface area contributed by atoms with E-state index >= 15 is 0 Å². The lowest BCUT2D eigenvalue weighted by Crippen LogP contribution is -2.00. The largest absolute Gasteiger partial charge is 0.399 e. The van der Waals surface area contributed by atoms with E-state index in [1.807, 2.05) is 0 Å². The van der Waals surface area contributed by atoms with E-state index in [1.54, 1.807) is 36.4 Å². The highest BCUT2D eigenvalue weighted by Crippen LogP contribution is 2.24. The lowest BCUT2D eigenvalue weighted by Gasteiger charge is -2.06. The molecule has 0 saturated heterocycles. The van der Waals surface area contributed by atoms with Crippen LogP contribution >= 0.6 is 11.6 Å². The third-order valence-corrected chi connectivity index (χ3v) is 4.29. The second-order valence-corrected chi connectivity index (χ2v) is 5.60. The normalized spacial score (nSPS) is 12.3. The SMILES string of the molecule is Nc1ccc(Cl)c(S(=O)Cc2ccccc2F)c1. The molecule has 0 aliphatic rings. The number of nitrogen functional groups attached to an aromatic ring is 1. The lowest BCUT2D eigenvalue weighted by molar-refractivity contribution is 0.615. The van der Waals surface area contributed by atoms with E-state index in [-0.39, 0.29) is 11.6 Å². The van der Waals surface area contributed by atoms with E-state index in [2.05, 4.69) is 0 Å². The molecule has 0 saturated carbocycles. The van der Waals surface area contributed by atoms with Crippen LogP contribution in [-0.4, -0.2) is 4.21 Å². The van der Waals surface area contributed by atoms with E-state index in [9.17, 15) is 8.60 Å². The minimum atomic E-state index is -1.42. The Morgan fingerprint density at radius 1 is 1.22 bits per heavy atom. The summed E-state index contributed by atoms with van der Waals surface area (Å²) in [5.74, 6) is -0.290. The summed E-state index contributed by atoms with van der Waals surface area (Å²) in [5.41, 5.74) is 6.50. The van der Waals surface area contributed by atoms with Gasteiger partial charge in [0.1, 0.15) is 5.82 Å². The van der Waals surface area contributed by atoms with Crippen molar-refractivity contribution in [2.45, 2.75) is 10.6 Å². The summed E-state index contributed by atoms with van der Waals surface area (Å²) in [6, 6.07) is 11.0. The van der Waals surface area contributed by atoms with Gasteiger partial charge in [-0.25, -0.2) is 4.39 Å². The van der Waals surface area contributed by atoms with Gasteiger partial charge in [0.05, 0.1) is 26.5 Å². The monoisotopic (exact) mass is 283 g/mol. The van der Waals surface area contributed by atoms with Gasteiger partial charge in [-0.2, -0.15) is 0 Å². The summed E-state index contributed by atoms with van der Waals surface area (Å²) in [6.07, 6.45) is 0. The summed E-state index contributed by atoms with van der Waals surface area (Å²) >= 11 is 5.95. The smallest absolute Gasteiger partial charge is 0.127 e. The van der Waals surface area contributed by atoms with Gasteiger partial charge in [-0.05, 0) is 24.3 Å². The van der Waals surface area contributed by atoms with Crippen LogP contribution in [-0.2, 0) is 16.6 Å². The van der Waals surface area contributed by atoms with Gasteiger partial charge in [-0.15, -0.1) is 0 Å². The van der Waals surface area contributed by atoms with Gasteiger partial charge in [0, 0.05) is 11.3 Å². The average molecular weight is 284 g/mol. The fourth-order valence-electron chi connectivity index (χ4n) is 1.53. The van der Waals surface area contributed by atoms with Crippen LogP contribution in [0.4, 0.5) is 10.1 Å². The predicted molar refractivity (Wildman–Crippen MR) is 72.4 cm³/mol. The first-order valence-corrected chi connectivity index (χ1v) is 6.94. The molecule has 0 heterocycles.